The quantitative estimate of drug-likeness (QED) is 0.646. The Labute approximate surface area is 178 Å². The van der Waals surface area contributed by atoms with Crippen LogP contribution in [0.2, 0.25) is 0 Å². The summed E-state index contributed by atoms with van der Waals surface area (Å²) in [6.45, 7) is 0.168. The van der Waals surface area contributed by atoms with Crippen molar-refractivity contribution in [3.8, 4) is 16.3 Å². The van der Waals surface area contributed by atoms with E-state index in [1.807, 2.05) is 53.9 Å². The largest absolute Gasteiger partial charge is 0.497 e. The lowest BCUT2D eigenvalue weighted by Gasteiger charge is -2.33. The van der Waals surface area contributed by atoms with Gasteiger partial charge < -0.3 is 10.1 Å². The Kier molecular flexibility index (Phi) is 4.55. The SMILES string of the molecule is COc1ccc(-c2nc(CN3C(=O)NC4(CCCc5ccccc54)C3=O)cs2)cc1. The van der Waals surface area contributed by atoms with Crippen LogP contribution >= 0.6 is 11.3 Å². The monoisotopic (exact) mass is 419 g/mol. The number of nitrogens with one attached hydrogen (secondary N) is 1. The van der Waals surface area contributed by atoms with E-state index in [1.165, 1.54) is 16.2 Å². The molecule has 1 N–H and O–H groups in total. The third kappa shape index (κ3) is 2.97. The van der Waals surface area contributed by atoms with Gasteiger partial charge in [0.05, 0.1) is 19.3 Å². The molecule has 7 heteroatoms. The fourth-order valence-electron chi connectivity index (χ4n) is 4.36. The number of carbonyl (C=O) groups excluding carboxylic acids is 2. The van der Waals surface area contributed by atoms with E-state index >= 15 is 0 Å². The van der Waals surface area contributed by atoms with E-state index in [0.29, 0.717) is 12.1 Å². The average molecular weight is 420 g/mol. The molecule has 2 aliphatic rings. The fraction of sp³-hybridized carbons (Fsp3) is 0.261. The van der Waals surface area contributed by atoms with E-state index in [4.69, 9.17) is 4.74 Å². The van der Waals surface area contributed by atoms with Crippen LogP contribution in [-0.2, 0) is 23.3 Å². The Morgan fingerprint density at radius 3 is 2.77 bits per heavy atom. The van der Waals surface area contributed by atoms with Crippen molar-refractivity contribution >= 4 is 23.3 Å². The molecular formula is C23H21N3O3S. The van der Waals surface area contributed by atoms with Gasteiger partial charge in [0.25, 0.3) is 5.91 Å². The van der Waals surface area contributed by atoms with Gasteiger partial charge in [-0.25, -0.2) is 9.78 Å². The van der Waals surface area contributed by atoms with E-state index in [1.54, 1.807) is 7.11 Å². The summed E-state index contributed by atoms with van der Waals surface area (Å²) in [5.41, 5.74) is 2.79. The van der Waals surface area contributed by atoms with Gasteiger partial charge >= 0.3 is 6.03 Å². The van der Waals surface area contributed by atoms with Gasteiger partial charge in [-0.05, 0) is 54.7 Å². The van der Waals surface area contributed by atoms with Crippen molar-refractivity contribution in [1.82, 2.24) is 15.2 Å². The molecule has 30 heavy (non-hydrogen) atoms. The first kappa shape index (κ1) is 18.8. The minimum atomic E-state index is -0.944. The minimum absolute atomic E-state index is 0.168. The summed E-state index contributed by atoms with van der Waals surface area (Å²) < 4.78 is 5.20. The molecule has 1 aromatic heterocycles. The molecule has 1 fully saturated rings. The van der Waals surface area contributed by atoms with Crippen LogP contribution in [0.3, 0.4) is 0 Å². The lowest BCUT2D eigenvalue weighted by molar-refractivity contribution is -0.132. The van der Waals surface area contributed by atoms with Crippen LogP contribution in [0.25, 0.3) is 10.6 Å². The van der Waals surface area contributed by atoms with E-state index in [-0.39, 0.29) is 18.5 Å². The number of hydrogen-bond acceptors (Lipinski definition) is 5. The Morgan fingerprint density at radius 1 is 1.17 bits per heavy atom. The van der Waals surface area contributed by atoms with Gasteiger partial charge in [0.15, 0.2) is 0 Å². The summed E-state index contributed by atoms with van der Waals surface area (Å²) in [7, 11) is 1.63. The molecule has 1 atom stereocenters. The fourth-order valence-corrected chi connectivity index (χ4v) is 5.18. The van der Waals surface area contributed by atoms with Crippen molar-refractivity contribution in [3.05, 3.63) is 70.7 Å². The molecule has 3 aromatic rings. The van der Waals surface area contributed by atoms with Crippen molar-refractivity contribution < 1.29 is 14.3 Å². The summed E-state index contributed by atoms with van der Waals surface area (Å²) in [4.78, 5) is 32.1. The maximum absolute atomic E-state index is 13.4. The van der Waals surface area contributed by atoms with Gasteiger partial charge in [0.2, 0.25) is 0 Å². The molecule has 6 nitrogen and oxygen atoms in total. The summed E-state index contributed by atoms with van der Waals surface area (Å²) in [6, 6.07) is 15.2. The Morgan fingerprint density at radius 2 is 1.97 bits per heavy atom. The van der Waals surface area contributed by atoms with Crippen molar-refractivity contribution in [1.29, 1.82) is 0 Å². The second-order valence-electron chi connectivity index (χ2n) is 7.61. The first-order chi connectivity index (χ1) is 14.6. The van der Waals surface area contributed by atoms with Crippen LogP contribution in [0.15, 0.2) is 53.9 Å². The van der Waals surface area contributed by atoms with Crippen molar-refractivity contribution in [3.63, 3.8) is 0 Å². The second-order valence-corrected chi connectivity index (χ2v) is 8.47. The highest BCUT2D eigenvalue weighted by Gasteiger charge is 2.53. The number of methoxy groups -OCH3 is 1. The number of imide groups is 1. The Hall–Kier alpha value is -3.19. The maximum Gasteiger partial charge on any atom is 0.325 e. The summed E-state index contributed by atoms with van der Waals surface area (Å²) in [5.74, 6) is 0.603. The number of fused-ring (bicyclic) bond motifs is 2. The van der Waals surface area contributed by atoms with Crippen LogP contribution < -0.4 is 10.1 Å². The third-order valence-electron chi connectivity index (χ3n) is 5.86. The van der Waals surface area contributed by atoms with E-state index in [0.717, 1.165) is 40.3 Å². The molecule has 2 aromatic carbocycles. The van der Waals surface area contributed by atoms with Gasteiger partial charge in [-0.2, -0.15) is 0 Å². The number of urea groups is 1. The number of carbonyl (C=O) groups is 2. The third-order valence-corrected chi connectivity index (χ3v) is 6.80. The summed E-state index contributed by atoms with van der Waals surface area (Å²) in [5, 5.41) is 5.74. The van der Waals surface area contributed by atoms with Crippen molar-refractivity contribution in [2.75, 3.05) is 7.11 Å². The van der Waals surface area contributed by atoms with Crippen LogP contribution in [0, 0.1) is 0 Å². The standard InChI is InChI=1S/C23H21N3O3S/c1-29-18-10-8-16(9-11-18)20-24-17(14-30-20)13-26-21(27)23(25-22(26)28)12-4-6-15-5-2-3-7-19(15)23/h2-3,5,7-11,14H,4,6,12-13H2,1H3,(H,25,28). The van der Waals surface area contributed by atoms with Gasteiger partial charge in [-0.1, -0.05) is 24.3 Å². The number of amides is 3. The number of ether oxygens (including phenoxy) is 1. The molecule has 1 unspecified atom stereocenters. The first-order valence-corrected chi connectivity index (χ1v) is 10.8. The number of aryl methyl sites for hydroxylation is 1. The molecule has 0 radical (unpaired) electrons. The maximum atomic E-state index is 13.4. The molecule has 0 saturated carbocycles. The van der Waals surface area contributed by atoms with E-state index in [9.17, 15) is 9.59 Å². The lowest BCUT2D eigenvalue weighted by Crippen LogP contribution is -2.46. The van der Waals surface area contributed by atoms with Gasteiger partial charge in [0.1, 0.15) is 16.3 Å². The number of thiazole rings is 1. The van der Waals surface area contributed by atoms with Crippen LogP contribution in [-0.4, -0.2) is 28.9 Å². The second kappa shape index (κ2) is 7.25. The number of hydrogen-bond donors (Lipinski definition) is 1. The molecule has 1 aliphatic carbocycles. The molecule has 0 bridgehead atoms. The average Bonchev–Trinajstić information content (AvgIpc) is 3.34. The molecule has 1 aliphatic heterocycles. The topological polar surface area (TPSA) is 71.5 Å². The zero-order valence-corrected chi connectivity index (χ0v) is 17.4. The number of aromatic nitrogens is 1. The van der Waals surface area contributed by atoms with Crippen LogP contribution in [0.5, 0.6) is 5.75 Å². The predicted molar refractivity (Wildman–Crippen MR) is 114 cm³/mol. The molecule has 152 valence electrons. The van der Waals surface area contributed by atoms with E-state index < -0.39 is 5.54 Å². The zero-order valence-electron chi connectivity index (χ0n) is 16.6. The molecule has 2 heterocycles. The number of benzene rings is 2. The highest BCUT2D eigenvalue weighted by molar-refractivity contribution is 7.13. The smallest absolute Gasteiger partial charge is 0.325 e. The molecule has 1 spiro atoms. The summed E-state index contributed by atoms with van der Waals surface area (Å²) >= 11 is 1.50. The molecule has 5 rings (SSSR count). The minimum Gasteiger partial charge on any atom is -0.497 e. The normalized spacial score (nSPS) is 20.4. The van der Waals surface area contributed by atoms with Gasteiger partial charge in [-0.15, -0.1) is 11.3 Å². The number of nitrogens with zero attached hydrogens (tertiary/aromatic N) is 2. The lowest BCUT2D eigenvalue weighted by atomic mass is 9.76. The van der Waals surface area contributed by atoms with Crippen LogP contribution in [0.1, 0.15) is 29.7 Å². The van der Waals surface area contributed by atoms with Crippen molar-refractivity contribution in [2.24, 2.45) is 0 Å². The molecule has 1 saturated heterocycles. The highest BCUT2D eigenvalue weighted by Crippen LogP contribution is 2.40. The van der Waals surface area contributed by atoms with E-state index in [2.05, 4.69) is 10.3 Å². The zero-order chi connectivity index (χ0) is 20.7. The van der Waals surface area contributed by atoms with Crippen LogP contribution in [0.4, 0.5) is 4.79 Å². The van der Waals surface area contributed by atoms with Crippen molar-refractivity contribution in [2.45, 2.75) is 31.3 Å². The Bertz CT molecular complexity index is 1120. The van der Waals surface area contributed by atoms with Gasteiger partial charge in [-0.3, -0.25) is 9.69 Å². The molecule has 3 amide bonds. The summed E-state index contributed by atoms with van der Waals surface area (Å²) in [6.07, 6.45) is 2.42. The van der Waals surface area contributed by atoms with Gasteiger partial charge in [0, 0.05) is 10.9 Å². The predicted octanol–water partition coefficient (Wildman–Crippen LogP) is 4.10. The first-order valence-electron chi connectivity index (χ1n) is 9.92. The molecular weight excluding hydrogens is 398 g/mol. The Balaban J connectivity index is 1.40. The highest BCUT2D eigenvalue weighted by atomic mass is 32.1. The number of rotatable bonds is 4.